The third-order valence-electron chi connectivity index (χ3n) is 12.7. The third-order valence-corrected chi connectivity index (χ3v) is 12.7. The van der Waals surface area contributed by atoms with Crippen LogP contribution in [0.25, 0.3) is 0 Å². The van der Waals surface area contributed by atoms with E-state index in [4.69, 9.17) is 0 Å². The van der Waals surface area contributed by atoms with Crippen LogP contribution in [-0.2, 0) is 0 Å². The monoisotopic (exact) mass is 476 g/mol. The summed E-state index contributed by atoms with van der Waals surface area (Å²) in [7, 11) is 0. The van der Waals surface area contributed by atoms with Gasteiger partial charge in [0, 0.05) is 11.3 Å². The molecule has 5 heteroatoms. The number of aliphatic hydroxyl groups is 5. The van der Waals surface area contributed by atoms with E-state index in [1.54, 1.807) is 0 Å². The van der Waals surface area contributed by atoms with Crippen molar-refractivity contribution in [2.75, 3.05) is 6.61 Å². The molecule has 5 aliphatic rings. The highest BCUT2D eigenvalue weighted by atomic mass is 16.3. The first kappa shape index (κ1) is 25.2. The predicted molar refractivity (Wildman–Crippen MR) is 132 cm³/mol. The molecule has 5 nitrogen and oxygen atoms in total. The number of hydrogen-bond donors (Lipinski definition) is 5. The molecule has 5 aliphatic carbocycles. The van der Waals surface area contributed by atoms with Crippen LogP contribution in [0.4, 0.5) is 0 Å². The van der Waals surface area contributed by atoms with Gasteiger partial charge < -0.3 is 25.5 Å². The van der Waals surface area contributed by atoms with Crippen molar-refractivity contribution >= 4 is 0 Å². The van der Waals surface area contributed by atoms with E-state index in [1.807, 2.05) is 6.92 Å². The fourth-order valence-corrected chi connectivity index (χ4v) is 10.5. The molecular weight excluding hydrogens is 428 g/mol. The summed E-state index contributed by atoms with van der Waals surface area (Å²) < 4.78 is 0. The molecule has 34 heavy (non-hydrogen) atoms. The summed E-state index contributed by atoms with van der Waals surface area (Å²) in [5.74, 6) is 0.379. The van der Waals surface area contributed by atoms with Crippen LogP contribution in [0.15, 0.2) is 11.6 Å². The van der Waals surface area contributed by atoms with Crippen LogP contribution in [0.2, 0.25) is 0 Å². The Morgan fingerprint density at radius 3 is 2.21 bits per heavy atom. The zero-order valence-corrected chi connectivity index (χ0v) is 22.1. The van der Waals surface area contributed by atoms with Gasteiger partial charge in [0.05, 0.1) is 30.5 Å². The quantitative estimate of drug-likeness (QED) is 0.371. The molecule has 0 amide bonds. The molecule has 4 fully saturated rings. The smallest absolute Gasteiger partial charge is 0.0971 e. The average molecular weight is 477 g/mol. The van der Waals surface area contributed by atoms with Gasteiger partial charge in [0.15, 0.2) is 0 Å². The fourth-order valence-electron chi connectivity index (χ4n) is 10.5. The van der Waals surface area contributed by atoms with Gasteiger partial charge in [-0.25, -0.2) is 0 Å². The summed E-state index contributed by atoms with van der Waals surface area (Å²) >= 11 is 0. The van der Waals surface area contributed by atoms with Gasteiger partial charge in [-0.15, -0.1) is 0 Å². The van der Waals surface area contributed by atoms with E-state index < -0.39 is 29.3 Å². The largest absolute Gasteiger partial charge is 0.396 e. The van der Waals surface area contributed by atoms with Gasteiger partial charge in [0.25, 0.3) is 0 Å². The SMILES string of the molecule is CC1(C)CCC2(O)C(O)CC3(C)C(=CCC4C5(C)CC(O)C(O)C(C)(CO)C5CCC43C)C2C1. The molecule has 0 aromatic rings. The zero-order valence-electron chi connectivity index (χ0n) is 22.1. The van der Waals surface area contributed by atoms with Crippen LogP contribution < -0.4 is 0 Å². The van der Waals surface area contributed by atoms with E-state index in [0.717, 1.165) is 32.1 Å². The highest BCUT2D eigenvalue weighted by Crippen LogP contribution is 2.74. The standard InChI is InChI=1S/C29H48O5/c1-24(2)11-12-29(34)18(13-24)17-7-8-21-25(3)14-19(31)23(33)26(4,16-30)20(25)9-10-27(21,5)28(17,6)15-22(29)32/h7,18-23,30-34H,8-16H2,1-6H3. The Morgan fingerprint density at radius 2 is 1.56 bits per heavy atom. The number of rotatable bonds is 1. The zero-order chi connectivity index (χ0) is 25.1. The molecule has 0 aromatic heterocycles. The van der Waals surface area contributed by atoms with Crippen LogP contribution >= 0.6 is 0 Å². The van der Waals surface area contributed by atoms with E-state index >= 15 is 0 Å². The third kappa shape index (κ3) is 2.91. The topological polar surface area (TPSA) is 101 Å². The number of aliphatic hydroxyl groups excluding tert-OH is 4. The molecule has 5 N–H and O–H groups in total. The summed E-state index contributed by atoms with van der Waals surface area (Å²) in [5.41, 5.74) is -0.809. The number of allylic oxidation sites excluding steroid dienone is 1. The van der Waals surface area contributed by atoms with Crippen LogP contribution in [0.1, 0.15) is 92.9 Å². The van der Waals surface area contributed by atoms with Crippen LogP contribution in [0.3, 0.4) is 0 Å². The minimum absolute atomic E-state index is 0.0187. The van der Waals surface area contributed by atoms with Crippen molar-refractivity contribution in [2.24, 2.45) is 44.8 Å². The first-order chi connectivity index (χ1) is 15.6. The maximum absolute atomic E-state index is 11.7. The molecular formula is C29H48O5. The molecule has 0 radical (unpaired) electrons. The highest BCUT2D eigenvalue weighted by Gasteiger charge is 2.70. The van der Waals surface area contributed by atoms with Crippen LogP contribution in [0, 0.1) is 44.8 Å². The maximum Gasteiger partial charge on any atom is 0.0971 e. The van der Waals surface area contributed by atoms with Gasteiger partial charge in [-0.2, -0.15) is 0 Å². The van der Waals surface area contributed by atoms with Crippen molar-refractivity contribution in [1.29, 1.82) is 0 Å². The lowest BCUT2D eigenvalue weighted by molar-refractivity contribution is -0.253. The Morgan fingerprint density at radius 1 is 0.882 bits per heavy atom. The molecule has 5 rings (SSSR count). The van der Waals surface area contributed by atoms with E-state index in [1.165, 1.54) is 5.57 Å². The highest BCUT2D eigenvalue weighted by molar-refractivity contribution is 5.35. The maximum atomic E-state index is 11.7. The Balaban J connectivity index is 1.61. The van der Waals surface area contributed by atoms with Gasteiger partial charge in [-0.1, -0.05) is 53.2 Å². The molecule has 4 saturated carbocycles. The van der Waals surface area contributed by atoms with Crippen molar-refractivity contribution < 1.29 is 25.5 Å². The van der Waals surface area contributed by atoms with Crippen molar-refractivity contribution in [3.8, 4) is 0 Å². The first-order valence-corrected chi connectivity index (χ1v) is 13.7. The van der Waals surface area contributed by atoms with E-state index in [9.17, 15) is 25.5 Å². The lowest BCUT2D eigenvalue weighted by atomic mass is 9.34. The summed E-state index contributed by atoms with van der Waals surface area (Å²) in [6, 6.07) is 0. The lowest BCUT2D eigenvalue weighted by Crippen LogP contribution is -2.69. The molecule has 0 saturated heterocycles. The van der Waals surface area contributed by atoms with Gasteiger partial charge >= 0.3 is 0 Å². The molecule has 0 bridgehead atoms. The van der Waals surface area contributed by atoms with Crippen LogP contribution in [-0.4, -0.2) is 56.1 Å². The summed E-state index contributed by atoms with van der Waals surface area (Å²) in [6.45, 7) is 13.4. The Kier molecular flexibility index (Phi) is 5.42. The Bertz CT molecular complexity index is 884. The molecule has 0 aromatic carbocycles. The van der Waals surface area contributed by atoms with E-state index in [-0.39, 0.29) is 46.0 Å². The molecule has 194 valence electrons. The van der Waals surface area contributed by atoms with Crippen molar-refractivity contribution in [2.45, 2.75) is 117 Å². The van der Waals surface area contributed by atoms with Crippen molar-refractivity contribution in [3.05, 3.63) is 11.6 Å². The molecule has 11 unspecified atom stereocenters. The fraction of sp³-hybridized carbons (Fsp3) is 0.931. The second kappa shape index (κ2) is 7.31. The van der Waals surface area contributed by atoms with E-state index in [2.05, 4.69) is 40.7 Å². The van der Waals surface area contributed by atoms with Crippen LogP contribution in [0.5, 0.6) is 0 Å². The Hall–Kier alpha value is -0.460. The van der Waals surface area contributed by atoms with Crippen molar-refractivity contribution in [3.63, 3.8) is 0 Å². The lowest BCUT2D eigenvalue weighted by Gasteiger charge is -2.72. The normalized spacial score (nSPS) is 58.6. The Labute approximate surface area is 205 Å². The van der Waals surface area contributed by atoms with E-state index in [0.29, 0.717) is 19.3 Å². The second-order valence-electron chi connectivity index (χ2n) is 14.8. The molecule has 11 atom stereocenters. The second-order valence-corrected chi connectivity index (χ2v) is 14.8. The molecule has 0 aliphatic heterocycles. The van der Waals surface area contributed by atoms with Gasteiger partial charge in [-0.3, -0.25) is 0 Å². The molecule has 0 heterocycles. The number of fused-ring (bicyclic) bond motifs is 7. The minimum atomic E-state index is -1.04. The predicted octanol–water partition coefficient (Wildman–Crippen LogP) is 3.81. The average Bonchev–Trinajstić information content (AvgIpc) is 2.74. The number of hydrogen-bond acceptors (Lipinski definition) is 5. The summed E-state index contributed by atoms with van der Waals surface area (Å²) in [4.78, 5) is 0. The van der Waals surface area contributed by atoms with Gasteiger partial charge in [0.1, 0.15) is 0 Å². The first-order valence-electron chi connectivity index (χ1n) is 13.7. The van der Waals surface area contributed by atoms with Gasteiger partial charge in [-0.05, 0) is 84.9 Å². The van der Waals surface area contributed by atoms with Crippen molar-refractivity contribution in [1.82, 2.24) is 0 Å². The summed E-state index contributed by atoms with van der Waals surface area (Å²) in [6.07, 6.45) is 6.24. The van der Waals surface area contributed by atoms with Gasteiger partial charge in [0.2, 0.25) is 0 Å². The minimum Gasteiger partial charge on any atom is -0.396 e. The molecule has 0 spiro atoms. The summed E-state index contributed by atoms with van der Waals surface area (Å²) in [5, 5.41) is 55.5.